The molecule has 0 saturated carbocycles. The Balaban J connectivity index is 2.01. The quantitative estimate of drug-likeness (QED) is 0.791. The monoisotopic (exact) mass is 300 g/mol. The molecule has 6 heteroatoms. The molecule has 0 saturated heterocycles. The van der Waals surface area contributed by atoms with Gasteiger partial charge < -0.3 is 14.6 Å². The minimum Gasteiger partial charge on any atom is -0.493 e. The number of fused-ring (bicyclic) bond motifs is 1. The van der Waals surface area contributed by atoms with Gasteiger partial charge in [0.15, 0.2) is 0 Å². The van der Waals surface area contributed by atoms with Crippen LogP contribution in [0.15, 0.2) is 30.5 Å². The van der Waals surface area contributed by atoms with E-state index in [-0.39, 0.29) is 6.54 Å². The lowest BCUT2D eigenvalue weighted by Crippen LogP contribution is -2.31. The van der Waals surface area contributed by atoms with Gasteiger partial charge in [-0.15, -0.1) is 0 Å². The molecule has 0 atom stereocenters. The zero-order chi connectivity index (χ0) is 15.3. The van der Waals surface area contributed by atoms with Crippen LogP contribution in [0.4, 0.5) is 13.2 Å². The molecule has 116 valence electrons. The normalized spacial score (nSPS) is 12.0. The van der Waals surface area contributed by atoms with Crippen LogP contribution in [0.25, 0.3) is 10.9 Å². The highest BCUT2D eigenvalue weighted by atomic mass is 19.4. The van der Waals surface area contributed by atoms with Crippen LogP contribution < -0.4 is 10.1 Å². The van der Waals surface area contributed by atoms with Crippen LogP contribution >= 0.6 is 0 Å². The Morgan fingerprint density at radius 2 is 2.05 bits per heavy atom. The van der Waals surface area contributed by atoms with Crippen LogP contribution in [0.2, 0.25) is 0 Å². The average molecular weight is 300 g/mol. The van der Waals surface area contributed by atoms with Crippen molar-refractivity contribution < 1.29 is 17.9 Å². The molecular weight excluding hydrogens is 281 g/mol. The maximum absolute atomic E-state index is 12.1. The number of aromatic nitrogens is 1. The first-order valence-corrected chi connectivity index (χ1v) is 6.99. The second-order valence-electron chi connectivity index (χ2n) is 4.84. The number of ether oxygens (including phenoxy) is 1. The largest absolute Gasteiger partial charge is 0.493 e. The van der Waals surface area contributed by atoms with Gasteiger partial charge >= 0.3 is 6.18 Å². The van der Waals surface area contributed by atoms with Crippen LogP contribution in [-0.2, 0) is 6.54 Å². The van der Waals surface area contributed by atoms with Gasteiger partial charge in [-0.05, 0) is 24.6 Å². The van der Waals surface area contributed by atoms with Gasteiger partial charge in [0.05, 0.1) is 18.7 Å². The third-order valence-electron chi connectivity index (χ3n) is 3.09. The summed E-state index contributed by atoms with van der Waals surface area (Å²) in [6.07, 6.45) is -1.36. The van der Waals surface area contributed by atoms with Gasteiger partial charge in [0.2, 0.25) is 0 Å². The molecule has 2 aromatic rings. The summed E-state index contributed by atoms with van der Waals surface area (Å²) in [5.74, 6) is 0.816. The highest BCUT2D eigenvalue weighted by Crippen LogP contribution is 2.26. The van der Waals surface area contributed by atoms with Gasteiger partial charge in [-0.3, -0.25) is 0 Å². The molecule has 1 aromatic carbocycles. The van der Waals surface area contributed by atoms with Gasteiger partial charge in [-0.25, -0.2) is 0 Å². The Morgan fingerprint density at radius 3 is 2.76 bits per heavy atom. The fourth-order valence-corrected chi connectivity index (χ4v) is 2.16. The molecule has 1 aromatic heterocycles. The summed E-state index contributed by atoms with van der Waals surface area (Å²) in [5.41, 5.74) is 0.970. The zero-order valence-electron chi connectivity index (χ0n) is 11.9. The van der Waals surface area contributed by atoms with Crippen LogP contribution in [0.3, 0.4) is 0 Å². The van der Waals surface area contributed by atoms with Crippen molar-refractivity contribution in [2.24, 2.45) is 0 Å². The molecule has 0 aliphatic rings. The van der Waals surface area contributed by atoms with E-state index in [0.717, 1.165) is 23.1 Å². The molecule has 1 N–H and O–H groups in total. The topological polar surface area (TPSA) is 26.2 Å². The van der Waals surface area contributed by atoms with Crippen molar-refractivity contribution in [1.82, 2.24) is 9.88 Å². The first-order chi connectivity index (χ1) is 10.0. The molecule has 0 fully saturated rings. The van der Waals surface area contributed by atoms with E-state index in [1.165, 1.54) is 0 Å². The third-order valence-corrected chi connectivity index (χ3v) is 3.09. The number of nitrogens with zero attached hydrogens (tertiary/aromatic N) is 1. The van der Waals surface area contributed by atoms with Gasteiger partial charge in [-0.1, -0.05) is 13.0 Å². The van der Waals surface area contributed by atoms with Crippen molar-refractivity contribution in [2.45, 2.75) is 26.1 Å². The molecule has 0 aliphatic heterocycles. The van der Waals surface area contributed by atoms with Crippen LogP contribution in [0.1, 0.15) is 13.3 Å². The Kier molecular flexibility index (Phi) is 5.12. The molecule has 2 rings (SSSR count). The third kappa shape index (κ3) is 4.39. The number of alkyl halides is 3. The Bertz CT molecular complexity index is 578. The van der Waals surface area contributed by atoms with Crippen LogP contribution in [0.5, 0.6) is 5.75 Å². The van der Waals surface area contributed by atoms with E-state index in [4.69, 9.17) is 4.74 Å². The predicted octanol–water partition coefficient (Wildman–Crippen LogP) is 3.58. The Labute approximate surface area is 121 Å². The van der Waals surface area contributed by atoms with Gasteiger partial charge in [0.25, 0.3) is 0 Å². The van der Waals surface area contributed by atoms with Gasteiger partial charge in [-0.2, -0.15) is 13.2 Å². The first kappa shape index (κ1) is 15.7. The summed E-state index contributed by atoms with van der Waals surface area (Å²) in [6, 6.07) is 7.68. The molecule has 0 unspecified atom stereocenters. The molecule has 3 nitrogen and oxygen atoms in total. The second-order valence-corrected chi connectivity index (χ2v) is 4.84. The van der Waals surface area contributed by atoms with E-state index >= 15 is 0 Å². The smallest absolute Gasteiger partial charge is 0.401 e. The summed E-state index contributed by atoms with van der Waals surface area (Å²) in [7, 11) is 0. The lowest BCUT2D eigenvalue weighted by Gasteiger charge is -2.10. The SMILES string of the molecule is CCCOc1cccc2c1ccn2CCNCC(F)(F)F. The summed E-state index contributed by atoms with van der Waals surface area (Å²) < 4.78 is 43.8. The molecule has 21 heavy (non-hydrogen) atoms. The standard InChI is InChI=1S/C15H19F3N2O/c1-2-10-21-14-5-3-4-13-12(14)6-8-20(13)9-7-19-11-15(16,17)18/h3-6,8,19H,2,7,9-11H2,1H3. The van der Waals surface area contributed by atoms with E-state index < -0.39 is 12.7 Å². The van der Waals surface area contributed by atoms with Crippen LogP contribution in [0, 0.1) is 0 Å². The number of rotatable bonds is 7. The maximum atomic E-state index is 12.1. The number of halogens is 3. The minimum atomic E-state index is -4.17. The van der Waals surface area contributed by atoms with E-state index in [1.807, 2.05) is 42.0 Å². The van der Waals surface area contributed by atoms with E-state index in [9.17, 15) is 13.2 Å². The maximum Gasteiger partial charge on any atom is 0.401 e. The Hall–Kier alpha value is -1.69. The van der Waals surface area contributed by atoms with Crippen molar-refractivity contribution >= 4 is 10.9 Å². The average Bonchev–Trinajstić information content (AvgIpc) is 2.84. The highest BCUT2D eigenvalue weighted by molar-refractivity contribution is 5.86. The Morgan fingerprint density at radius 1 is 1.24 bits per heavy atom. The number of hydrogen-bond donors (Lipinski definition) is 1. The molecule has 1 heterocycles. The minimum absolute atomic E-state index is 0.267. The molecule has 0 spiro atoms. The molecular formula is C15H19F3N2O. The van der Waals surface area contributed by atoms with Crippen molar-refractivity contribution in [3.63, 3.8) is 0 Å². The number of hydrogen-bond acceptors (Lipinski definition) is 2. The van der Waals surface area contributed by atoms with E-state index in [0.29, 0.717) is 13.2 Å². The summed E-state index contributed by atoms with van der Waals surface area (Å²) >= 11 is 0. The molecule has 0 radical (unpaired) electrons. The molecule has 0 aliphatic carbocycles. The van der Waals surface area contributed by atoms with Crippen molar-refractivity contribution in [3.8, 4) is 5.75 Å². The fraction of sp³-hybridized carbons (Fsp3) is 0.467. The van der Waals surface area contributed by atoms with E-state index in [2.05, 4.69) is 5.32 Å². The van der Waals surface area contributed by atoms with E-state index in [1.54, 1.807) is 0 Å². The van der Waals surface area contributed by atoms with Gasteiger partial charge in [0.1, 0.15) is 5.75 Å². The first-order valence-electron chi connectivity index (χ1n) is 6.99. The fourth-order valence-electron chi connectivity index (χ4n) is 2.16. The van der Waals surface area contributed by atoms with Crippen molar-refractivity contribution in [1.29, 1.82) is 0 Å². The summed E-state index contributed by atoms with van der Waals surface area (Å²) in [4.78, 5) is 0. The van der Waals surface area contributed by atoms with Crippen molar-refractivity contribution in [2.75, 3.05) is 19.7 Å². The zero-order valence-corrected chi connectivity index (χ0v) is 11.9. The highest BCUT2D eigenvalue weighted by Gasteiger charge is 2.25. The summed E-state index contributed by atoms with van der Waals surface area (Å²) in [5, 5.41) is 3.39. The molecule has 0 bridgehead atoms. The van der Waals surface area contributed by atoms with Crippen molar-refractivity contribution in [3.05, 3.63) is 30.5 Å². The number of nitrogens with one attached hydrogen (secondary N) is 1. The van der Waals surface area contributed by atoms with Gasteiger partial charge in [0, 0.05) is 24.7 Å². The molecule has 0 amide bonds. The predicted molar refractivity (Wildman–Crippen MR) is 76.6 cm³/mol. The summed E-state index contributed by atoms with van der Waals surface area (Å²) in [6.45, 7) is 2.48. The second kappa shape index (κ2) is 6.85. The van der Waals surface area contributed by atoms with Crippen LogP contribution in [-0.4, -0.2) is 30.4 Å². The lowest BCUT2D eigenvalue weighted by atomic mass is 10.2. The number of benzene rings is 1. The lowest BCUT2D eigenvalue weighted by molar-refractivity contribution is -0.124.